The molecule has 0 bridgehead atoms. The van der Waals surface area contributed by atoms with Gasteiger partial charge in [0.1, 0.15) is 12.4 Å². The SMILES string of the molecule is O=C(O)c1ccc2c(c1)OCc1ccccc1C2=O. The first-order chi connectivity index (χ1) is 9.16. The number of carbonyl (C=O) groups excluding carboxylic acids is 1. The molecular weight excluding hydrogens is 244 g/mol. The minimum atomic E-state index is -1.04. The summed E-state index contributed by atoms with van der Waals surface area (Å²) >= 11 is 0. The van der Waals surface area contributed by atoms with Crippen molar-refractivity contribution in [1.29, 1.82) is 0 Å². The lowest BCUT2D eigenvalue weighted by Gasteiger charge is -2.06. The van der Waals surface area contributed by atoms with E-state index in [4.69, 9.17) is 9.84 Å². The van der Waals surface area contributed by atoms with Crippen LogP contribution in [-0.4, -0.2) is 16.9 Å². The van der Waals surface area contributed by atoms with Gasteiger partial charge in [-0.05, 0) is 18.2 Å². The van der Waals surface area contributed by atoms with Crippen LogP contribution in [0.25, 0.3) is 0 Å². The molecule has 1 aliphatic rings. The van der Waals surface area contributed by atoms with Crippen molar-refractivity contribution >= 4 is 11.8 Å². The van der Waals surface area contributed by atoms with E-state index in [1.165, 1.54) is 18.2 Å². The number of rotatable bonds is 1. The van der Waals surface area contributed by atoms with Crippen molar-refractivity contribution in [3.05, 3.63) is 64.7 Å². The molecule has 0 amide bonds. The highest BCUT2D eigenvalue weighted by molar-refractivity contribution is 6.12. The Kier molecular flexibility index (Phi) is 2.56. The van der Waals surface area contributed by atoms with Crippen molar-refractivity contribution < 1.29 is 19.4 Å². The molecule has 1 aliphatic heterocycles. The van der Waals surface area contributed by atoms with E-state index in [1.54, 1.807) is 12.1 Å². The number of carbonyl (C=O) groups is 2. The predicted molar refractivity (Wildman–Crippen MR) is 67.6 cm³/mol. The third kappa shape index (κ3) is 1.87. The normalized spacial score (nSPS) is 12.9. The fourth-order valence-electron chi connectivity index (χ4n) is 2.13. The lowest BCUT2D eigenvalue weighted by molar-refractivity contribution is 0.0696. The van der Waals surface area contributed by atoms with Crippen molar-refractivity contribution in [2.45, 2.75) is 6.61 Å². The van der Waals surface area contributed by atoms with E-state index in [1.807, 2.05) is 12.1 Å². The van der Waals surface area contributed by atoms with Crippen LogP contribution < -0.4 is 4.74 Å². The number of carboxylic acid groups (broad SMARTS) is 1. The minimum absolute atomic E-state index is 0.109. The van der Waals surface area contributed by atoms with Crippen LogP contribution in [0.1, 0.15) is 31.8 Å². The molecule has 1 heterocycles. The summed E-state index contributed by atoms with van der Waals surface area (Å²) in [6, 6.07) is 11.5. The van der Waals surface area contributed by atoms with Crippen LogP contribution in [0.3, 0.4) is 0 Å². The standard InChI is InChI=1S/C15H10O4/c16-14-11-4-2-1-3-10(11)8-19-13-7-9(15(17)18)5-6-12(13)14/h1-7H,8H2,(H,17,18). The smallest absolute Gasteiger partial charge is 0.335 e. The van der Waals surface area contributed by atoms with Gasteiger partial charge >= 0.3 is 5.97 Å². The van der Waals surface area contributed by atoms with E-state index in [0.717, 1.165) is 5.56 Å². The zero-order valence-corrected chi connectivity index (χ0v) is 9.92. The summed E-state index contributed by atoms with van der Waals surface area (Å²) in [6.45, 7) is 0.262. The second-order valence-electron chi connectivity index (χ2n) is 4.29. The van der Waals surface area contributed by atoms with Crippen LogP contribution in [0.5, 0.6) is 5.75 Å². The molecule has 2 aromatic rings. The first-order valence-electron chi connectivity index (χ1n) is 5.79. The average molecular weight is 254 g/mol. The largest absolute Gasteiger partial charge is 0.488 e. The first-order valence-corrected chi connectivity index (χ1v) is 5.79. The lowest BCUT2D eigenvalue weighted by atomic mass is 9.98. The van der Waals surface area contributed by atoms with Crippen molar-refractivity contribution in [2.75, 3.05) is 0 Å². The Morgan fingerprint density at radius 2 is 1.89 bits per heavy atom. The number of ketones is 1. The molecular formula is C15H10O4. The van der Waals surface area contributed by atoms with Crippen molar-refractivity contribution in [1.82, 2.24) is 0 Å². The molecule has 2 aromatic carbocycles. The fraction of sp³-hybridized carbons (Fsp3) is 0.0667. The van der Waals surface area contributed by atoms with Gasteiger partial charge in [-0.1, -0.05) is 24.3 Å². The Morgan fingerprint density at radius 1 is 1.11 bits per heavy atom. The maximum atomic E-state index is 12.4. The van der Waals surface area contributed by atoms with Gasteiger partial charge in [-0.3, -0.25) is 4.79 Å². The second kappa shape index (κ2) is 4.24. The number of hydrogen-bond acceptors (Lipinski definition) is 3. The van der Waals surface area contributed by atoms with E-state index in [9.17, 15) is 9.59 Å². The molecule has 0 radical (unpaired) electrons. The highest BCUT2D eigenvalue weighted by Crippen LogP contribution is 2.29. The number of carboxylic acids is 1. The molecule has 0 unspecified atom stereocenters. The molecule has 0 spiro atoms. The zero-order chi connectivity index (χ0) is 13.4. The predicted octanol–water partition coefficient (Wildman–Crippen LogP) is 2.51. The van der Waals surface area contributed by atoms with Gasteiger partial charge in [0.15, 0.2) is 5.78 Å². The first kappa shape index (κ1) is 11.5. The van der Waals surface area contributed by atoms with Crippen LogP contribution in [0.2, 0.25) is 0 Å². The quantitative estimate of drug-likeness (QED) is 0.849. The lowest BCUT2D eigenvalue weighted by Crippen LogP contribution is -2.03. The van der Waals surface area contributed by atoms with E-state index in [0.29, 0.717) is 16.9 Å². The molecule has 0 aromatic heterocycles. The number of fused-ring (bicyclic) bond motifs is 2. The van der Waals surface area contributed by atoms with Gasteiger partial charge in [0.2, 0.25) is 0 Å². The van der Waals surface area contributed by atoms with Gasteiger partial charge in [-0.25, -0.2) is 4.79 Å². The van der Waals surface area contributed by atoms with Gasteiger partial charge in [-0.2, -0.15) is 0 Å². The fourth-order valence-corrected chi connectivity index (χ4v) is 2.13. The number of ether oxygens (including phenoxy) is 1. The van der Waals surface area contributed by atoms with Gasteiger partial charge in [-0.15, -0.1) is 0 Å². The third-order valence-electron chi connectivity index (χ3n) is 3.12. The maximum Gasteiger partial charge on any atom is 0.335 e. The van der Waals surface area contributed by atoms with Crippen molar-refractivity contribution in [2.24, 2.45) is 0 Å². The molecule has 1 N–H and O–H groups in total. The second-order valence-corrected chi connectivity index (χ2v) is 4.29. The van der Waals surface area contributed by atoms with Gasteiger partial charge in [0.25, 0.3) is 0 Å². The maximum absolute atomic E-state index is 12.4. The molecule has 4 nitrogen and oxygen atoms in total. The van der Waals surface area contributed by atoms with E-state index in [-0.39, 0.29) is 18.0 Å². The highest BCUT2D eigenvalue weighted by atomic mass is 16.5. The number of benzene rings is 2. The van der Waals surface area contributed by atoms with Gasteiger partial charge < -0.3 is 9.84 Å². The summed E-state index contributed by atoms with van der Waals surface area (Å²) in [7, 11) is 0. The summed E-state index contributed by atoms with van der Waals surface area (Å²) in [5, 5.41) is 8.96. The monoisotopic (exact) mass is 254 g/mol. The molecule has 4 heteroatoms. The minimum Gasteiger partial charge on any atom is -0.488 e. The van der Waals surface area contributed by atoms with Crippen LogP contribution >= 0.6 is 0 Å². The summed E-state index contributed by atoms with van der Waals surface area (Å²) in [6.07, 6.45) is 0. The molecule has 0 atom stereocenters. The van der Waals surface area contributed by atoms with Gasteiger partial charge in [0, 0.05) is 11.1 Å². The topological polar surface area (TPSA) is 63.6 Å². The van der Waals surface area contributed by atoms with Crippen LogP contribution in [0.4, 0.5) is 0 Å². The zero-order valence-electron chi connectivity index (χ0n) is 9.92. The molecule has 19 heavy (non-hydrogen) atoms. The molecule has 3 rings (SSSR count). The van der Waals surface area contributed by atoms with Crippen LogP contribution in [-0.2, 0) is 6.61 Å². The Morgan fingerprint density at radius 3 is 2.68 bits per heavy atom. The number of hydrogen-bond donors (Lipinski definition) is 1. The number of aromatic carboxylic acids is 1. The molecule has 0 aliphatic carbocycles. The summed E-state index contributed by atoms with van der Waals surface area (Å²) in [4.78, 5) is 23.3. The van der Waals surface area contributed by atoms with Crippen LogP contribution in [0.15, 0.2) is 42.5 Å². The highest BCUT2D eigenvalue weighted by Gasteiger charge is 2.22. The van der Waals surface area contributed by atoms with Crippen LogP contribution in [0, 0.1) is 0 Å². The van der Waals surface area contributed by atoms with E-state index in [2.05, 4.69) is 0 Å². The Balaban J connectivity index is 2.15. The summed E-state index contributed by atoms with van der Waals surface area (Å²) < 4.78 is 5.55. The molecule has 94 valence electrons. The Bertz CT molecular complexity index is 688. The average Bonchev–Trinajstić information content (AvgIpc) is 2.57. The Hall–Kier alpha value is -2.62. The van der Waals surface area contributed by atoms with Crippen molar-refractivity contribution in [3.63, 3.8) is 0 Å². The molecule has 0 saturated carbocycles. The van der Waals surface area contributed by atoms with Crippen molar-refractivity contribution in [3.8, 4) is 5.75 Å². The van der Waals surface area contributed by atoms with E-state index >= 15 is 0 Å². The Labute approximate surface area is 109 Å². The van der Waals surface area contributed by atoms with Gasteiger partial charge in [0.05, 0.1) is 11.1 Å². The molecule has 0 saturated heterocycles. The molecule has 0 fully saturated rings. The summed E-state index contributed by atoms with van der Waals surface area (Å²) in [5.74, 6) is -0.859. The third-order valence-corrected chi connectivity index (χ3v) is 3.12. The van der Waals surface area contributed by atoms with E-state index < -0.39 is 5.97 Å². The summed E-state index contributed by atoms with van der Waals surface area (Å²) in [5.41, 5.74) is 1.91.